The Labute approximate surface area is 150 Å². The first-order valence-corrected chi connectivity index (χ1v) is 9.37. The van der Waals surface area contributed by atoms with E-state index in [-0.39, 0.29) is 5.91 Å². The van der Waals surface area contributed by atoms with Crippen molar-refractivity contribution in [3.05, 3.63) is 34.9 Å². The Kier molecular flexibility index (Phi) is 5.80. The Balaban J connectivity index is 1.57. The number of amides is 1. The van der Waals surface area contributed by atoms with Gasteiger partial charge in [0.05, 0.1) is 0 Å². The quantitative estimate of drug-likeness (QED) is 0.839. The third-order valence-electron chi connectivity index (χ3n) is 5.41. The van der Waals surface area contributed by atoms with Crippen LogP contribution in [0.2, 0.25) is 5.02 Å². The number of hydrogen-bond donors (Lipinski definition) is 0. The standard InChI is InChI=1S/C19H28ClN3O/c1-15-12-21(13-17-4-6-18(20)7-5-17)14-19(15)23-9-3-8-22(10-11-23)16(2)24/h4-7,15,19H,3,8-14H2,1-2H3/t15-,19-/m1/s1. The van der Waals surface area contributed by atoms with Crippen LogP contribution in [0.4, 0.5) is 0 Å². The molecule has 5 heteroatoms. The van der Waals surface area contributed by atoms with Crippen LogP contribution in [0, 0.1) is 5.92 Å². The van der Waals surface area contributed by atoms with Crippen LogP contribution in [0.3, 0.4) is 0 Å². The van der Waals surface area contributed by atoms with Crippen molar-refractivity contribution in [2.75, 3.05) is 39.3 Å². The van der Waals surface area contributed by atoms with Gasteiger partial charge in [0, 0.05) is 63.8 Å². The van der Waals surface area contributed by atoms with Gasteiger partial charge in [0.2, 0.25) is 5.91 Å². The van der Waals surface area contributed by atoms with Crippen LogP contribution in [0.1, 0.15) is 25.8 Å². The molecule has 1 aromatic carbocycles. The SMILES string of the molecule is CC(=O)N1CCCN([C@@H]2CN(Cc3ccc(Cl)cc3)C[C@H]2C)CC1. The molecule has 2 saturated heterocycles. The fourth-order valence-corrected chi connectivity index (χ4v) is 4.21. The molecule has 132 valence electrons. The van der Waals surface area contributed by atoms with Crippen molar-refractivity contribution in [3.8, 4) is 0 Å². The molecule has 1 amide bonds. The molecule has 0 saturated carbocycles. The number of likely N-dealkylation sites (tertiary alicyclic amines) is 1. The molecule has 3 rings (SSSR count). The summed E-state index contributed by atoms with van der Waals surface area (Å²) in [5.41, 5.74) is 1.32. The van der Waals surface area contributed by atoms with Crippen molar-refractivity contribution in [3.63, 3.8) is 0 Å². The predicted octanol–water partition coefficient (Wildman–Crippen LogP) is 2.71. The highest BCUT2D eigenvalue weighted by Crippen LogP contribution is 2.25. The van der Waals surface area contributed by atoms with Crippen molar-refractivity contribution in [1.82, 2.24) is 14.7 Å². The first-order chi connectivity index (χ1) is 11.5. The van der Waals surface area contributed by atoms with Crippen LogP contribution in [-0.4, -0.2) is 65.9 Å². The molecule has 24 heavy (non-hydrogen) atoms. The molecule has 2 aliphatic rings. The first-order valence-electron chi connectivity index (χ1n) is 8.99. The van der Waals surface area contributed by atoms with Gasteiger partial charge < -0.3 is 4.90 Å². The molecular formula is C19H28ClN3O. The molecule has 2 fully saturated rings. The summed E-state index contributed by atoms with van der Waals surface area (Å²) in [6.45, 7) is 11.2. The Morgan fingerprint density at radius 3 is 2.58 bits per heavy atom. The molecular weight excluding hydrogens is 322 g/mol. The molecule has 0 radical (unpaired) electrons. The van der Waals surface area contributed by atoms with Gasteiger partial charge in [-0.3, -0.25) is 14.6 Å². The van der Waals surface area contributed by atoms with E-state index >= 15 is 0 Å². The average Bonchev–Trinajstić information content (AvgIpc) is 2.76. The van der Waals surface area contributed by atoms with E-state index in [0.717, 1.165) is 57.3 Å². The minimum atomic E-state index is 0.209. The molecule has 0 bridgehead atoms. The van der Waals surface area contributed by atoms with Gasteiger partial charge in [0.25, 0.3) is 0 Å². The summed E-state index contributed by atoms with van der Waals surface area (Å²) in [5, 5.41) is 0.797. The summed E-state index contributed by atoms with van der Waals surface area (Å²) < 4.78 is 0. The first kappa shape index (κ1) is 17.7. The Hall–Kier alpha value is -1.10. The highest BCUT2D eigenvalue weighted by Gasteiger charge is 2.34. The van der Waals surface area contributed by atoms with Crippen LogP contribution in [0.25, 0.3) is 0 Å². The molecule has 0 spiro atoms. The maximum absolute atomic E-state index is 11.6. The number of nitrogens with zero attached hydrogens (tertiary/aromatic N) is 3. The van der Waals surface area contributed by atoms with Crippen molar-refractivity contribution in [1.29, 1.82) is 0 Å². The zero-order valence-electron chi connectivity index (χ0n) is 14.7. The summed E-state index contributed by atoms with van der Waals surface area (Å²) in [4.78, 5) is 18.8. The highest BCUT2D eigenvalue weighted by atomic mass is 35.5. The van der Waals surface area contributed by atoms with Crippen molar-refractivity contribution >= 4 is 17.5 Å². The van der Waals surface area contributed by atoms with E-state index in [1.54, 1.807) is 6.92 Å². The van der Waals surface area contributed by atoms with Gasteiger partial charge in [-0.25, -0.2) is 0 Å². The van der Waals surface area contributed by atoms with Crippen LogP contribution in [-0.2, 0) is 11.3 Å². The monoisotopic (exact) mass is 349 g/mol. The van der Waals surface area contributed by atoms with Gasteiger partial charge in [-0.2, -0.15) is 0 Å². The number of carbonyl (C=O) groups is 1. The van der Waals surface area contributed by atoms with Gasteiger partial charge >= 0.3 is 0 Å². The summed E-state index contributed by atoms with van der Waals surface area (Å²) in [6.07, 6.45) is 1.08. The number of hydrogen-bond acceptors (Lipinski definition) is 3. The zero-order chi connectivity index (χ0) is 17.1. The normalized spacial score (nSPS) is 26.5. The lowest BCUT2D eigenvalue weighted by Crippen LogP contribution is -2.42. The van der Waals surface area contributed by atoms with Crippen molar-refractivity contribution in [2.24, 2.45) is 5.92 Å². The highest BCUT2D eigenvalue weighted by molar-refractivity contribution is 6.30. The molecule has 0 N–H and O–H groups in total. The fourth-order valence-electron chi connectivity index (χ4n) is 4.08. The van der Waals surface area contributed by atoms with E-state index in [1.807, 2.05) is 17.0 Å². The van der Waals surface area contributed by atoms with Crippen LogP contribution >= 0.6 is 11.6 Å². The molecule has 0 unspecified atom stereocenters. The molecule has 0 aromatic heterocycles. The van der Waals surface area contributed by atoms with E-state index in [4.69, 9.17) is 11.6 Å². The fraction of sp³-hybridized carbons (Fsp3) is 0.632. The van der Waals surface area contributed by atoms with Gasteiger partial charge in [-0.1, -0.05) is 30.7 Å². The minimum absolute atomic E-state index is 0.209. The van der Waals surface area contributed by atoms with E-state index < -0.39 is 0 Å². The van der Waals surface area contributed by atoms with E-state index in [2.05, 4.69) is 28.9 Å². The van der Waals surface area contributed by atoms with E-state index in [0.29, 0.717) is 12.0 Å². The number of benzene rings is 1. The minimum Gasteiger partial charge on any atom is -0.342 e. The van der Waals surface area contributed by atoms with Gasteiger partial charge in [-0.15, -0.1) is 0 Å². The van der Waals surface area contributed by atoms with Crippen LogP contribution < -0.4 is 0 Å². The Morgan fingerprint density at radius 2 is 1.88 bits per heavy atom. The van der Waals surface area contributed by atoms with Crippen molar-refractivity contribution < 1.29 is 4.79 Å². The third-order valence-corrected chi connectivity index (χ3v) is 5.66. The smallest absolute Gasteiger partial charge is 0.219 e. The second-order valence-electron chi connectivity index (χ2n) is 7.26. The molecule has 4 nitrogen and oxygen atoms in total. The third kappa shape index (κ3) is 4.29. The largest absolute Gasteiger partial charge is 0.342 e. The maximum atomic E-state index is 11.6. The van der Waals surface area contributed by atoms with E-state index in [1.165, 1.54) is 5.56 Å². The summed E-state index contributed by atoms with van der Waals surface area (Å²) in [7, 11) is 0. The lowest BCUT2D eigenvalue weighted by molar-refractivity contribution is -0.128. The predicted molar refractivity (Wildman–Crippen MR) is 98.1 cm³/mol. The second-order valence-corrected chi connectivity index (χ2v) is 7.70. The number of carbonyl (C=O) groups excluding carboxylic acids is 1. The van der Waals surface area contributed by atoms with Crippen LogP contribution in [0.15, 0.2) is 24.3 Å². The summed E-state index contributed by atoms with van der Waals surface area (Å²) in [5.74, 6) is 0.877. The molecule has 0 aliphatic carbocycles. The molecule has 1 aromatic rings. The van der Waals surface area contributed by atoms with Gasteiger partial charge in [0.1, 0.15) is 0 Å². The number of rotatable bonds is 3. The topological polar surface area (TPSA) is 26.8 Å². The van der Waals surface area contributed by atoms with E-state index in [9.17, 15) is 4.79 Å². The summed E-state index contributed by atoms with van der Waals surface area (Å²) in [6, 6.07) is 8.79. The van der Waals surface area contributed by atoms with Crippen molar-refractivity contribution in [2.45, 2.75) is 32.9 Å². The molecule has 2 atom stereocenters. The molecule has 2 heterocycles. The van der Waals surface area contributed by atoms with Gasteiger partial charge in [-0.05, 0) is 30.0 Å². The second kappa shape index (κ2) is 7.85. The average molecular weight is 350 g/mol. The Bertz CT molecular complexity index is 562. The molecule has 2 aliphatic heterocycles. The maximum Gasteiger partial charge on any atom is 0.219 e. The lowest BCUT2D eigenvalue weighted by atomic mass is 10.0. The zero-order valence-corrected chi connectivity index (χ0v) is 15.5. The Morgan fingerprint density at radius 1 is 1.12 bits per heavy atom. The van der Waals surface area contributed by atoms with Crippen LogP contribution in [0.5, 0.6) is 0 Å². The summed E-state index contributed by atoms with van der Waals surface area (Å²) >= 11 is 5.98. The lowest BCUT2D eigenvalue weighted by Gasteiger charge is -2.30. The van der Waals surface area contributed by atoms with Gasteiger partial charge in [0.15, 0.2) is 0 Å². The number of halogens is 1.